The highest BCUT2D eigenvalue weighted by Crippen LogP contribution is 2.30. The second kappa shape index (κ2) is 8.92. The standard InChI is InChI=1S/C20H30N2O4/c1-13(2)20(24)22-11-7-6-8-17(22)19(23)21-14(3)16-12-15(25-4)9-10-18(16)26-5/h9-10,12-14,17H,6-8,11H2,1-5H3,(H,21,23)/t14-,17-/m0/s1. The van der Waals surface area contributed by atoms with Crippen LogP contribution in [0.5, 0.6) is 11.5 Å². The van der Waals surface area contributed by atoms with Gasteiger partial charge in [-0.15, -0.1) is 0 Å². The number of carbonyl (C=O) groups excluding carboxylic acids is 2. The van der Waals surface area contributed by atoms with Crippen molar-refractivity contribution in [3.63, 3.8) is 0 Å². The first-order valence-electron chi connectivity index (χ1n) is 9.21. The van der Waals surface area contributed by atoms with E-state index in [0.29, 0.717) is 24.5 Å². The predicted molar refractivity (Wildman–Crippen MR) is 100 cm³/mol. The number of likely N-dealkylation sites (tertiary alicyclic amines) is 1. The molecule has 1 aliphatic rings. The third kappa shape index (κ3) is 4.48. The number of methoxy groups -OCH3 is 2. The summed E-state index contributed by atoms with van der Waals surface area (Å²) in [5, 5.41) is 3.05. The predicted octanol–water partition coefficient (Wildman–Crippen LogP) is 2.92. The Morgan fingerprint density at radius 2 is 1.88 bits per heavy atom. The number of piperidine rings is 1. The number of hydrogen-bond donors (Lipinski definition) is 1. The lowest BCUT2D eigenvalue weighted by atomic mass is 9.98. The van der Waals surface area contributed by atoms with E-state index in [-0.39, 0.29) is 23.8 Å². The van der Waals surface area contributed by atoms with Crippen molar-refractivity contribution in [3.05, 3.63) is 23.8 Å². The number of nitrogens with zero attached hydrogens (tertiary/aromatic N) is 1. The van der Waals surface area contributed by atoms with Crippen molar-refractivity contribution in [2.24, 2.45) is 5.92 Å². The summed E-state index contributed by atoms with van der Waals surface area (Å²) in [6.07, 6.45) is 2.60. The second-order valence-electron chi connectivity index (χ2n) is 7.04. The maximum Gasteiger partial charge on any atom is 0.243 e. The molecule has 1 saturated heterocycles. The molecule has 6 nitrogen and oxygen atoms in total. The van der Waals surface area contributed by atoms with Gasteiger partial charge in [-0.1, -0.05) is 13.8 Å². The molecule has 1 aromatic carbocycles. The Bertz CT molecular complexity index is 645. The van der Waals surface area contributed by atoms with Gasteiger partial charge in [-0.05, 0) is 44.4 Å². The van der Waals surface area contributed by atoms with E-state index >= 15 is 0 Å². The van der Waals surface area contributed by atoms with E-state index in [1.165, 1.54) is 0 Å². The van der Waals surface area contributed by atoms with Crippen LogP contribution in [0.4, 0.5) is 0 Å². The topological polar surface area (TPSA) is 67.9 Å². The molecule has 1 fully saturated rings. The largest absolute Gasteiger partial charge is 0.497 e. The highest BCUT2D eigenvalue weighted by atomic mass is 16.5. The number of nitrogens with one attached hydrogen (secondary N) is 1. The van der Waals surface area contributed by atoms with Gasteiger partial charge in [0.1, 0.15) is 17.5 Å². The average Bonchev–Trinajstić information content (AvgIpc) is 2.66. The summed E-state index contributed by atoms with van der Waals surface area (Å²) in [6, 6.07) is 4.84. The van der Waals surface area contributed by atoms with Crippen LogP contribution < -0.4 is 14.8 Å². The van der Waals surface area contributed by atoms with E-state index in [9.17, 15) is 9.59 Å². The summed E-state index contributed by atoms with van der Waals surface area (Å²) in [4.78, 5) is 27.1. The first-order valence-corrected chi connectivity index (χ1v) is 9.21. The SMILES string of the molecule is COc1ccc(OC)c([C@H](C)NC(=O)[C@@H]2CCCCN2C(=O)C(C)C)c1. The summed E-state index contributed by atoms with van der Waals surface area (Å²) in [6.45, 7) is 6.30. The maximum atomic E-state index is 12.9. The molecule has 1 heterocycles. The quantitative estimate of drug-likeness (QED) is 0.845. The zero-order valence-electron chi connectivity index (χ0n) is 16.4. The normalized spacial score (nSPS) is 18.4. The summed E-state index contributed by atoms with van der Waals surface area (Å²) in [5.74, 6) is 1.21. The van der Waals surface area contributed by atoms with E-state index < -0.39 is 6.04 Å². The zero-order chi connectivity index (χ0) is 19.3. The molecule has 26 heavy (non-hydrogen) atoms. The Morgan fingerprint density at radius 1 is 1.15 bits per heavy atom. The summed E-state index contributed by atoms with van der Waals surface area (Å²) in [5.41, 5.74) is 0.845. The molecule has 2 atom stereocenters. The van der Waals surface area contributed by atoms with Crippen LogP contribution in [0, 0.1) is 5.92 Å². The van der Waals surface area contributed by atoms with Crippen LogP contribution in [0.1, 0.15) is 51.6 Å². The van der Waals surface area contributed by atoms with Crippen molar-refractivity contribution >= 4 is 11.8 Å². The fourth-order valence-electron chi connectivity index (χ4n) is 3.36. The molecule has 2 amide bonds. The molecule has 1 aromatic rings. The minimum absolute atomic E-state index is 0.0384. The Balaban J connectivity index is 2.16. The third-order valence-electron chi connectivity index (χ3n) is 4.84. The van der Waals surface area contributed by atoms with E-state index in [0.717, 1.165) is 18.4 Å². The highest BCUT2D eigenvalue weighted by Gasteiger charge is 2.33. The Labute approximate surface area is 155 Å². The lowest BCUT2D eigenvalue weighted by Gasteiger charge is -2.36. The van der Waals surface area contributed by atoms with Crippen LogP contribution in [0.25, 0.3) is 0 Å². The van der Waals surface area contributed by atoms with Crippen LogP contribution in [-0.4, -0.2) is 43.5 Å². The number of hydrogen-bond acceptors (Lipinski definition) is 4. The van der Waals surface area contributed by atoms with Gasteiger partial charge in [0.15, 0.2) is 0 Å². The van der Waals surface area contributed by atoms with Crippen LogP contribution in [0.3, 0.4) is 0 Å². The zero-order valence-corrected chi connectivity index (χ0v) is 16.4. The van der Waals surface area contributed by atoms with Crippen molar-refractivity contribution in [2.45, 2.75) is 52.1 Å². The van der Waals surface area contributed by atoms with Gasteiger partial charge in [0.2, 0.25) is 11.8 Å². The van der Waals surface area contributed by atoms with Crippen LogP contribution in [0.15, 0.2) is 18.2 Å². The molecule has 0 bridgehead atoms. The van der Waals surface area contributed by atoms with Crippen molar-refractivity contribution in [1.29, 1.82) is 0 Å². The summed E-state index contributed by atoms with van der Waals surface area (Å²) in [7, 11) is 3.20. The van der Waals surface area contributed by atoms with Crippen molar-refractivity contribution in [1.82, 2.24) is 10.2 Å². The molecule has 0 aliphatic carbocycles. The summed E-state index contributed by atoms with van der Waals surface area (Å²) < 4.78 is 10.7. The first-order chi connectivity index (χ1) is 12.4. The van der Waals surface area contributed by atoms with Crippen molar-refractivity contribution in [3.8, 4) is 11.5 Å². The molecule has 0 saturated carbocycles. The Kier molecular flexibility index (Phi) is 6.89. The molecule has 1 aliphatic heterocycles. The van der Waals surface area contributed by atoms with E-state index in [2.05, 4.69) is 5.32 Å². The molecular formula is C20H30N2O4. The highest BCUT2D eigenvalue weighted by molar-refractivity contribution is 5.88. The van der Waals surface area contributed by atoms with Crippen LogP contribution >= 0.6 is 0 Å². The van der Waals surface area contributed by atoms with Gasteiger partial charge in [-0.3, -0.25) is 9.59 Å². The van der Waals surface area contributed by atoms with Gasteiger partial charge in [-0.25, -0.2) is 0 Å². The van der Waals surface area contributed by atoms with E-state index in [4.69, 9.17) is 9.47 Å². The second-order valence-corrected chi connectivity index (χ2v) is 7.04. The molecule has 1 N–H and O–H groups in total. The molecule has 0 radical (unpaired) electrons. The maximum absolute atomic E-state index is 12.9. The molecule has 6 heteroatoms. The Hall–Kier alpha value is -2.24. The fraction of sp³-hybridized carbons (Fsp3) is 0.600. The lowest BCUT2D eigenvalue weighted by molar-refractivity contribution is -0.144. The average molecular weight is 362 g/mol. The smallest absolute Gasteiger partial charge is 0.243 e. The minimum atomic E-state index is -0.405. The van der Waals surface area contributed by atoms with Crippen LogP contribution in [0.2, 0.25) is 0 Å². The number of amides is 2. The first kappa shape index (κ1) is 20.1. The molecule has 2 rings (SSSR count). The third-order valence-corrected chi connectivity index (χ3v) is 4.84. The minimum Gasteiger partial charge on any atom is -0.497 e. The molecule has 144 valence electrons. The van der Waals surface area contributed by atoms with Gasteiger partial charge in [0.25, 0.3) is 0 Å². The Morgan fingerprint density at radius 3 is 2.50 bits per heavy atom. The van der Waals surface area contributed by atoms with Crippen LogP contribution in [-0.2, 0) is 9.59 Å². The van der Waals surface area contributed by atoms with Gasteiger partial charge >= 0.3 is 0 Å². The number of benzene rings is 1. The number of carbonyl (C=O) groups is 2. The van der Waals surface area contributed by atoms with Gasteiger partial charge in [-0.2, -0.15) is 0 Å². The van der Waals surface area contributed by atoms with Crippen molar-refractivity contribution < 1.29 is 19.1 Å². The number of ether oxygens (including phenoxy) is 2. The summed E-state index contributed by atoms with van der Waals surface area (Å²) >= 11 is 0. The van der Waals surface area contributed by atoms with E-state index in [1.54, 1.807) is 19.1 Å². The molecular weight excluding hydrogens is 332 g/mol. The monoisotopic (exact) mass is 362 g/mol. The van der Waals surface area contributed by atoms with Gasteiger partial charge in [0.05, 0.1) is 20.3 Å². The lowest BCUT2D eigenvalue weighted by Crippen LogP contribution is -2.53. The fourth-order valence-corrected chi connectivity index (χ4v) is 3.36. The molecule has 0 spiro atoms. The van der Waals surface area contributed by atoms with Crippen molar-refractivity contribution in [2.75, 3.05) is 20.8 Å². The van der Waals surface area contributed by atoms with Gasteiger partial charge in [0, 0.05) is 18.0 Å². The van der Waals surface area contributed by atoms with E-state index in [1.807, 2.05) is 39.0 Å². The molecule has 0 aromatic heterocycles. The molecule has 0 unspecified atom stereocenters. The number of rotatable bonds is 6. The van der Waals surface area contributed by atoms with Gasteiger partial charge < -0.3 is 19.7 Å².